The van der Waals surface area contributed by atoms with Crippen LogP contribution in [-0.2, 0) is 6.42 Å². The second kappa shape index (κ2) is 5.36. The summed E-state index contributed by atoms with van der Waals surface area (Å²) in [7, 11) is 0. The lowest BCUT2D eigenvalue weighted by Gasteiger charge is -2.07. The van der Waals surface area contributed by atoms with E-state index in [1.165, 1.54) is 24.5 Å². The molecule has 1 N–H and O–H groups in total. The van der Waals surface area contributed by atoms with Gasteiger partial charge in [-0.3, -0.25) is 4.79 Å². The Morgan fingerprint density at radius 3 is 2.95 bits per heavy atom. The molecule has 5 heteroatoms. The van der Waals surface area contributed by atoms with Gasteiger partial charge in [-0.05, 0) is 18.2 Å². The van der Waals surface area contributed by atoms with Gasteiger partial charge in [0, 0.05) is 6.42 Å². The van der Waals surface area contributed by atoms with E-state index < -0.39 is 11.7 Å². The second-order valence-electron chi connectivity index (χ2n) is 3.84. The van der Waals surface area contributed by atoms with E-state index in [0.29, 0.717) is 17.7 Å². The third-order valence-electron chi connectivity index (χ3n) is 2.68. The van der Waals surface area contributed by atoms with Crippen molar-refractivity contribution in [2.45, 2.75) is 13.3 Å². The lowest BCUT2D eigenvalue weighted by atomic mass is 10.1. The summed E-state index contributed by atoms with van der Waals surface area (Å²) in [6.07, 6.45) is 1.99. The van der Waals surface area contributed by atoms with Crippen molar-refractivity contribution in [2.75, 3.05) is 5.32 Å². The molecule has 0 spiro atoms. The highest BCUT2D eigenvalue weighted by molar-refractivity contribution is 6.05. The highest BCUT2D eigenvalue weighted by atomic mass is 19.1. The molecule has 1 amide bonds. The number of aryl methyl sites for hydroxylation is 1. The number of carbonyl (C=O) groups excluding carboxylic acids is 1. The number of rotatable bonds is 3. The maximum atomic E-state index is 13.4. The van der Waals surface area contributed by atoms with Crippen molar-refractivity contribution in [3.63, 3.8) is 0 Å². The molecule has 2 rings (SSSR count). The average Bonchev–Trinajstić information content (AvgIpc) is 2.87. The smallest absolute Gasteiger partial charge is 0.259 e. The van der Waals surface area contributed by atoms with E-state index in [1.54, 1.807) is 12.1 Å². The molecule has 0 fully saturated rings. The maximum absolute atomic E-state index is 13.4. The average molecular weight is 258 g/mol. The minimum absolute atomic E-state index is 0.149. The molecule has 0 atom stereocenters. The molecule has 0 aliphatic rings. The first-order chi connectivity index (χ1) is 9.17. The summed E-state index contributed by atoms with van der Waals surface area (Å²) in [5.74, 6) is -0.539. The van der Waals surface area contributed by atoms with Gasteiger partial charge in [0.05, 0.1) is 17.5 Å². The van der Waals surface area contributed by atoms with Crippen LogP contribution >= 0.6 is 0 Å². The number of anilines is 1. The van der Waals surface area contributed by atoms with Crippen molar-refractivity contribution >= 4 is 11.6 Å². The van der Waals surface area contributed by atoms with E-state index in [9.17, 15) is 9.18 Å². The van der Waals surface area contributed by atoms with Gasteiger partial charge in [-0.25, -0.2) is 4.39 Å². The molecule has 2 aromatic rings. The van der Waals surface area contributed by atoms with E-state index in [0.717, 1.165) is 0 Å². The van der Waals surface area contributed by atoms with Crippen LogP contribution in [0.5, 0.6) is 0 Å². The topological polar surface area (TPSA) is 66.0 Å². The fraction of sp³-hybridized carbons (Fsp3) is 0.143. The molecule has 19 heavy (non-hydrogen) atoms. The summed E-state index contributed by atoms with van der Waals surface area (Å²) >= 11 is 0. The zero-order valence-electron chi connectivity index (χ0n) is 10.2. The molecular formula is C14H11FN2O2. The van der Waals surface area contributed by atoms with Crippen LogP contribution in [0.2, 0.25) is 0 Å². The van der Waals surface area contributed by atoms with Gasteiger partial charge in [-0.1, -0.05) is 13.0 Å². The van der Waals surface area contributed by atoms with Crippen LogP contribution in [0, 0.1) is 17.1 Å². The number of nitrogens with zero attached hydrogens (tertiary/aromatic N) is 1. The van der Waals surface area contributed by atoms with Crippen molar-refractivity contribution in [1.82, 2.24) is 0 Å². The summed E-state index contributed by atoms with van der Waals surface area (Å²) in [5, 5.41) is 11.4. The van der Waals surface area contributed by atoms with Gasteiger partial charge in [0.1, 0.15) is 23.2 Å². The van der Waals surface area contributed by atoms with Gasteiger partial charge in [0.25, 0.3) is 5.91 Å². The van der Waals surface area contributed by atoms with Gasteiger partial charge in [0.15, 0.2) is 0 Å². The van der Waals surface area contributed by atoms with E-state index in [2.05, 4.69) is 5.32 Å². The van der Waals surface area contributed by atoms with Crippen molar-refractivity contribution in [2.24, 2.45) is 0 Å². The van der Waals surface area contributed by atoms with Gasteiger partial charge >= 0.3 is 0 Å². The zero-order chi connectivity index (χ0) is 13.8. The van der Waals surface area contributed by atoms with Crippen LogP contribution in [0.1, 0.15) is 28.6 Å². The standard InChI is InChI=1S/C14H11FN2O2/c1-2-13-9(6-7-19-13)14(18)17-12-5-3-4-11(15)10(12)8-16/h3-7H,2H2,1H3,(H,17,18). The Morgan fingerprint density at radius 1 is 1.47 bits per heavy atom. The van der Waals surface area contributed by atoms with E-state index in [-0.39, 0.29) is 11.3 Å². The predicted molar refractivity (Wildman–Crippen MR) is 67.2 cm³/mol. The molecular weight excluding hydrogens is 247 g/mol. The van der Waals surface area contributed by atoms with E-state index in [1.807, 2.05) is 6.92 Å². The Morgan fingerprint density at radius 2 is 2.26 bits per heavy atom. The number of benzene rings is 1. The number of carbonyl (C=O) groups is 1. The first-order valence-electron chi connectivity index (χ1n) is 5.73. The molecule has 0 unspecified atom stereocenters. The Bertz CT molecular complexity index is 656. The normalized spacial score (nSPS) is 9.95. The largest absolute Gasteiger partial charge is 0.469 e. The lowest BCUT2D eigenvalue weighted by molar-refractivity contribution is 0.102. The van der Waals surface area contributed by atoms with E-state index in [4.69, 9.17) is 9.68 Å². The van der Waals surface area contributed by atoms with Gasteiger partial charge in [-0.2, -0.15) is 5.26 Å². The third kappa shape index (κ3) is 2.47. The maximum Gasteiger partial charge on any atom is 0.259 e. The number of nitriles is 1. The fourth-order valence-corrected chi connectivity index (χ4v) is 1.75. The minimum atomic E-state index is -0.664. The molecule has 0 aliphatic carbocycles. The number of halogens is 1. The molecule has 0 radical (unpaired) electrons. The Balaban J connectivity index is 2.30. The summed E-state index contributed by atoms with van der Waals surface area (Å²) in [5.41, 5.74) is 0.351. The van der Waals surface area contributed by atoms with Crippen molar-refractivity contribution < 1.29 is 13.6 Å². The van der Waals surface area contributed by atoms with Crippen molar-refractivity contribution in [3.8, 4) is 6.07 Å². The minimum Gasteiger partial charge on any atom is -0.469 e. The second-order valence-corrected chi connectivity index (χ2v) is 3.84. The van der Waals surface area contributed by atoms with Crippen LogP contribution in [0.4, 0.5) is 10.1 Å². The van der Waals surface area contributed by atoms with E-state index >= 15 is 0 Å². The quantitative estimate of drug-likeness (QED) is 0.919. The first-order valence-corrected chi connectivity index (χ1v) is 5.73. The van der Waals surface area contributed by atoms with Gasteiger partial charge in [-0.15, -0.1) is 0 Å². The molecule has 0 saturated carbocycles. The Kier molecular flexibility index (Phi) is 3.62. The molecule has 96 valence electrons. The molecule has 1 aromatic heterocycles. The summed E-state index contributed by atoms with van der Waals surface area (Å²) < 4.78 is 18.5. The van der Waals surface area contributed by atoms with Crippen LogP contribution < -0.4 is 5.32 Å². The molecule has 1 aromatic carbocycles. The zero-order valence-corrected chi connectivity index (χ0v) is 10.2. The van der Waals surface area contributed by atoms with Crippen LogP contribution in [0.3, 0.4) is 0 Å². The third-order valence-corrected chi connectivity index (χ3v) is 2.68. The summed E-state index contributed by atoms with van der Waals surface area (Å²) in [4.78, 5) is 12.0. The first kappa shape index (κ1) is 12.8. The molecule has 0 bridgehead atoms. The van der Waals surface area contributed by atoms with Crippen LogP contribution in [-0.4, -0.2) is 5.91 Å². The number of furan rings is 1. The lowest BCUT2D eigenvalue weighted by Crippen LogP contribution is -2.14. The highest BCUT2D eigenvalue weighted by Gasteiger charge is 2.16. The number of nitrogens with one attached hydrogen (secondary N) is 1. The molecule has 1 heterocycles. The monoisotopic (exact) mass is 258 g/mol. The Hall–Kier alpha value is -2.61. The highest BCUT2D eigenvalue weighted by Crippen LogP contribution is 2.20. The van der Waals surface area contributed by atoms with Crippen molar-refractivity contribution in [3.05, 3.63) is 53.2 Å². The Labute approximate surface area is 109 Å². The SMILES string of the molecule is CCc1occc1C(=O)Nc1cccc(F)c1C#N. The number of amides is 1. The molecule has 0 saturated heterocycles. The number of hydrogen-bond acceptors (Lipinski definition) is 3. The molecule has 4 nitrogen and oxygen atoms in total. The van der Waals surface area contributed by atoms with Gasteiger partial charge < -0.3 is 9.73 Å². The summed E-state index contributed by atoms with van der Waals surface area (Å²) in [6, 6.07) is 7.35. The molecule has 0 aliphatic heterocycles. The van der Waals surface area contributed by atoms with Gasteiger partial charge in [0.2, 0.25) is 0 Å². The number of hydrogen-bond donors (Lipinski definition) is 1. The van der Waals surface area contributed by atoms with Crippen LogP contribution in [0.15, 0.2) is 34.9 Å². The summed E-state index contributed by atoms with van der Waals surface area (Å²) in [6.45, 7) is 1.86. The predicted octanol–water partition coefficient (Wildman–Crippen LogP) is 3.11. The fourth-order valence-electron chi connectivity index (χ4n) is 1.75. The van der Waals surface area contributed by atoms with Crippen molar-refractivity contribution in [1.29, 1.82) is 5.26 Å². The van der Waals surface area contributed by atoms with Crippen LogP contribution in [0.25, 0.3) is 0 Å².